The molecule has 1 amide bonds. The van der Waals surface area contributed by atoms with E-state index in [0.717, 1.165) is 24.8 Å². The number of rotatable bonds is 3. The fraction of sp³-hybridized carbons (Fsp3) is 0.538. The largest absolute Gasteiger partial charge is 0.330 e. The van der Waals surface area contributed by atoms with Gasteiger partial charge in [0.1, 0.15) is 5.82 Å². The van der Waals surface area contributed by atoms with Crippen LogP contribution in [0.2, 0.25) is 0 Å². The molecule has 0 saturated heterocycles. The summed E-state index contributed by atoms with van der Waals surface area (Å²) in [6, 6.07) is 3.79. The monoisotopic (exact) mass is 233 g/mol. The number of amides is 1. The number of hydrogen-bond donors (Lipinski definition) is 2. The maximum Gasteiger partial charge on any atom is 0.228 e. The van der Waals surface area contributed by atoms with Crippen molar-refractivity contribution in [1.82, 2.24) is 4.98 Å². The molecular weight excluding hydrogens is 214 g/mol. The van der Waals surface area contributed by atoms with Gasteiger partial charge < -0.3 is 11.1 Å². The summed E-state index contributed by atoms with van der Waals surface area (Å²) < 4.78 is 0. The van der Waals surface area contributed by atoms with Crippen LogP contribution in [-0.4, -0.2) is 17.4 Å². The molecule has 1 aliphatic carbocycles. The van der Waals surface area contributed by atoms with Crippen LogP contribution in [-0.2, 0) is 4.79 Å². The van der Waals surface area contributed by atoms with Gasteiger partial charge in [0.2, 0.25) is 5.91 Å². The number of nitrogens with two attached hydrogens (primary N) is 1. The molecule has 0 aliphatic heterocycles. The van der Waals surface area contributed by atoms with E-state index in [1.165, 1.54) is 0 Å². The number of carbonyl (C=O) groups excluding carboxylic acids is 1. The van der Waals surface area contributed by atoms with E-state index in [-0.39, 0.29) is 11.8 Å². The number of aromatic nitrogens is 1. The Kier molecular flexibility index (Phi) is 3.74. The van der Waals surface area contributed by atoms with Crippen LogP contribution in [0.3, 0.4) is 0 Å². The molecule has 4 heteroatoms. The minimum absolute atomic E-state index is 0.0577. The zero-order valence-corrected chi connectivity index (χ0v) is 10.1. The number of hydrogen-bond acceptors (Lipinski definition) is 3. The van der Waals surface area contributed by atoms with Gasteiger partial charge >= 0.3 is 0 Å². The molecule has 0 bridgehead atoms. The fourth-order valence-electron chi connectivity index (χ4n) is 2.49. The second-order valence-corrected chi connectivity index (χ2v) is 4.74. The lowest BCUT2D eigenvalue weighted by Gasteiger charge is -2.17. The minimum Gasteiger partial charge on any atom is -0.330 e. The predicted octanol–water partition coefficient (Wildman–Crippen LogP) is 1.70. The van der Waals surface area contributed by atoms with E-state index in [2.05, 4.69) is 10.3 Å². The van der Waals surface area contributed by atoms with Gasteiger partial charge in [-0.2, -0.15) is 0 Å². The first kappa shape index (κ1) is 12.0. The lowest BCUT2D eigenvalue weighted by Crippen LogP contribution is -2.30. The SMILES string of the molecule is Cc1ccnc(NC(=O)[C@@H]2CCC[C@@H]2CN)c1. The summed E-state index contributed by atoms with van der Waals surface area (Å²) in [5, 5.41) is 2.88. The maximum absolute atomic E-state index is 12.1. The van der Waals surface area contributed by atoms with Crippen LogP contribution in [0.4, 0.5) is 5.82 Å². The molecule has 4 nitrogen and oxygen atoms in total. The summed E-state index contributed by atoms with van der Waals surface area (Å²) in [6.07, 6.45) is 4.82. The Morgan fingerprint density at radius 3 is 3.12 bits per heavy atom. The molecule has 17 heavy (non-hydrogen) atoms. The van der Waals surface area contributed by atoms with Gasteiger partial charge in [0.05, 0.1) is 0 Å². The summed E-state index contributed by atoms with van der Waals surface area (Å²) >= 11 is 0. The summed E-state index contributed by atoms with van der Waals surface area (Å²) in [4.78, 5) is 16.2. The van der Waals surface area contributed by atoms with Gasteiger partial charge in [0, 0.05) is 12.1 Å². The number of nitrogens with one attached hydrogen (secondary N) is 1. The summed E-state index contributed by atoms with van der Waals surface area (Å²) in [5.74, 6) is 1.09. The van der Waals surface area contributed by atoms with E-state index >= 15 is 0 Å². The zero-order valence-electron chi connectivity index (χ0n) is 10.1. The third-order valence-corrected chi connectivity index (χ3v) is 3.47. The highest BCUT2D eigenvalue weighted by Crippen LogP contribution is 2.31. The summed E-state index contributed by atoms with van der Waals surface area (Å²) in [5.41, 5.74) is 6.78. The predicted molar refractivity (Wildman–Crippen MR) is 67.5 cm³/mol. The average Bonchev–Trinajstić information content (AvgIpc) is 2.77. The standard InChI is InChI=1S/C13H19N3O/c1-9-5-6-15-12(7-9)16-13(17)11-4-2-3-10(11)8-14/h5-7,10-11H,2-4,8,14H2,1H3,(H,15,16,17)/t10-,11-/m1/s1. The number of carbonyl (C=O) groups is 1. The van der Waals surface area contributed by atoms with E-state index < -0.39 is 0 Å². The Hall–Kier alpha value is -1.42. The van der Waals surface area contributed by atoms with Gasteiger partial charge in [-0.05, 0) is 49.9 Å². The molecule has 2 rings (SSSR count). The molecule has 1 aliphatic rings. The lowest BCUT2D eigenvalue weighted by molar-refractivity contribution is -0.120. The molecular formula is C13H19N3O. The van der Waals surface area contributed by atoms with Crippen molar-refractivity contribution in [2.24, 2.45) is 17.6 Å². The molecule has 0 unspecified atom stereocenters. The van der Waals surface area contributed by atoms with Crippen LogP contribution in [0.25, 0.3) is 0 Å². The molecule has 0 radical (unpaired) electrons. The third kappa shape index (κ3) is 2.82. The van der Waals surface area contributed by atoms with Crippen LogP contribution in [0, 0.1) is 18.8 Å². The molecule has 1 fully saturated rings. The summed E-state index contributed by atoms with van der Waals surface area (Å²) in [7, 11) is 0. The van der Waals surface area contributed by atoms with Crippen LogP contribution in [0.15, 0.2) is 18.3 Å². The van der Waals surface area contributed by atoms with Crippen molar-refractivity contribution in [1.29, 1.82) is 0 Å². The molecule has 1 aromatic heterocycles. The third-order valence-electron chi connectivity index (χ3n) is 3.47. The Balaban J connectivity index is 2.01. The quantitative estimate of drug-likeness (QED) is 0.835. The average molecular weight is 233 g/mol. The van der Waals surface area contributed by atoms with Crippen LogP contribution < -0.4 is 11.1 Å². The molecule has 1 saturated carbocycles. The van der Waals surface area contributed by atoms with Crippen LogP contribution >= 0.6 is 0 Å². The number of anilines is 1. The van der Waals surface area contributed by atoms with Crippen molar-refractivity contribution in [2.75, 3.05) is 11.9 Å². The van der Waals surface area contributed by atoms with Gasteiger partial charge in [-0.25, -0.2) is 4.98 Å². The van der Waals surface area contributed by atoms with Crippen molar-refractivity contribution in [2.45, 2.75) is 26.2 Å². The Morgan fingerprint density at radius 1 is 1.59 bits per heavy atom. The van der Waals surface area contributed by atoms with Gasteiger partial charge in [0.25, 0.3) is 0 Å². The van der Waals surface area contributed by atoms with Crippen molar-refractivity contribution in [3.8, 4) is 0 Å². The van der Waals surface area contributed by atoms with Gasteiger partial charge in [-0.1, -0.05) is 6.42 Å². The number of pyridine rings is 1. The van der Waals surface area contributed by atoms with E-state index in [4.69, 9.17) is 5.73 Å². The zero-order chi connectivity index (χ0) is 12.3. The van der Waals surface area contributed by atoms with Crippen LogP contribution in [0.5, 0.6) is 0 Å². The minimum atomic E-state index is 0.0577. The van der Waals surface area contributed by atoms with Crippen molar-refractivity contribution in [3.05, 3.63) is 23.9 Å². The molecule has 0 spiro atoms. The first-order valence-electron chi connectivity index (χ1n) is 6.14. The van der Waals surface area contributed by atoms with E-state index in [1.54, 1.807) is 6.20 Å². The second kappa shape index (κ2) is 5.27. The fourth-order valence-corrected chi connectivity index (χ4v) is 2.49. The number of nitrogens with zero attached hydrogens (tertiary/aromatic N) is 1. The van der Waals surface area contributed by atoms with Crippen molar-refractivity contribution >= 4 is 11.7 Å². The molecule has 92 valence electrons. The van der Waals surface area contributed by atoms with Gasteiger partial charge in [-0.3, -0.25) is 4.79 Å². The normalized spacial score (nSPS) is 23.6. The van der Waals surface area contributed by atoms with E-state index in [0.29, 0.717) is 18.3 Å². The Morgan fingerprint density at radius 2 is 2.41 bits per heavy atom. The first-order chi connectivity index (χ1) is 8.20. The Labute approximate surface area is 102 Å². The van der Waals surface area contributed by atoms with Crippen molar-refractivity contribution in [3.63, 3.8) is 0 Å². The highest BCUT2D eigenvalue weighted by atomic mass is 16.2. The summed E-state index contributed by atoms with van der Waals surface area (Å²) in [6.45, 7) is 2.58. The molecule has 1 aromatic rings. The second-order valence-electron chi connectivity index (χ2n) is 4.74. The molecule has 1 heterocycles. The van der Waals surface area contributed by atoms with Gasteiger partial charge in [0.15, 0.2) is 0 Å². The molecule has 0 aromatic carbocycles. The first-order valence-corrected chi connectivity index (χ1v) is 6.14. The Bertz CT molecular complexity index is 405. The number of aryl methyl sites for hydroxylation is 1. The van der Waals surface area contributed by atoms with E-state index in [1.807, 2.05) is 19.1 Å². The van der Waals surface area contributed by atoms with Crippen molar-refractivity contribution < 1.29 is 4.79 Å². The van der Waals surface area contributed by atoms with Gasteiger partial charge in [-0.15, -0.1) is 0 Å². The van der Waals surface area contributed by atoms with Crippen LogP contribution in [0.1, 0.15) is 24.8 Å². The highest BCUT2D eigenvalue weighted by molar-refractivity contribution is 5.92. The topological polar surface area (TPSA) is 68.0 Å². The molecule has 3 N–H and O–H groups in total. The highest BCUT2D eigenvalue weighted by Gasteiger charge is 2.31. The maximum atomic E-state index is 12.1. The lowest BCUT2D eigenvalue weighted by atomic mass is 9.95. The van der Waals surface area contributed by atoms with E-state index in [9.17, 15) is 4.79 Å². The smallest absolute Gasteiger partial charge is 0.228 e. The molecule has 2 atom stereocenters.